The number of carbonyl (C=O) groups is 1. The first-order valence-electron chi connectivity index (χ1n) is 6.53. The van der Waals surface area contributed by atoms with Gasteiger partial charge in [-0.2, -0.15) is 0 Å². The molecule has 0 aliphatic carbocycles. The van der Waals surface area contributed by atoms with Gasteiger partial charge >= 0.3 is 0 Å². The van der Waals surface area contributed by atoms with Crippen LogP contribution in [0.1, 0.15) is 12.8 Å². The minimum absolute atomic E-state index is 0.0532. The van der Waals surface area contributed by atoms with Crippen molar-refractivity contribution in [3.63, 3.8) is 0 Å². The van der Waals surface area contributed by atoms with E-state index in [9.17, 15) is 13.2 Å². The number of carbonyl (C=O) groups excluding carboxylic acids is 1. The van der Waals surface area contributed by atoms with Crippen molar-refractivity contribution in [2.45, 2.75) is 24.9 Å². The van der Waals surface area contributed by atoms with Crippen molar-refractivity contribution in [3.8, 4) is 0 Å². The van der Waals surface area contributed by atoms with Gasteiger partial charge in [-0.3, -0.25) is 4.79 Å². The highest BCUT2D eigenvalue weighted by Gasteiger charge is 2.30. The van der Waals surface area contributed by atoms with Crippen molar-refractivity contribution in [2.24, 2.45) is 0 Å². The Labute approximate surface area is 113 Å². The molecule has 0 aromatic heterocycles. The van der Waals surface area contributed by atoms with Crippen LogP contribution in [0.4, 0.5) is 0 Å². The minimum atomic E-state index is -3.17. The van der Waals surface area contributed by atoms with Crippen LogP contribution in [0.25, 0.3) is 0 Å². The van der Waals surface area contributed by atoms with Crippen LogP contribution in [0, 0.1) is 0 Å². The van der Waals surface area contributed by atoms with Crippen molar-refractivity contribution < 1.29 is 17.9 Å². The minimum Gasteiger partial charge on any atom is -0.378 e. The summed E-state index contributed by atoms with van der Waals surface area (Å²) in [5, 5.41) is 3.14. The molecule has 0 aromatic carbocycles. The molecule has 0 radical (unpaired) electrons. The van der Waals surface area contributed by atoms with E-state index in [1.54, 1.807) is 4.90 Å². The van der Waals surface area contributed by atoms with Crippen molar-refractivity contribution in [1.29, 1.82) is 0 Å². The number of morpholine rings is 1. The second-order valence-electron chi connectivity index (χ2n) is 5.07. The normalized spacial score (nSPS) is 26.4. The molecule has 7 nitrogen and oxygen atoms in total. The molecule has 1 amide bonds. The van der Waals surface area contributed by atoms with E-state index in [1.165, 1.54) is 0 Å². The molecule has 2 fully saturated rings. The van der Waals surface area contributed by atoms with Crippen LogP contribution in [0.5, 0.6) is 0 Å². The van der Waals surface area contributed by atoms with Gasteiger partial charge in [0.2, 0.25) is 15.9 Å². The summed E-state index contributed by atoms with van der Waals surface area (Å²) in [5.74, 6) is 0.0532. The number of nitrogens with one attached hydrogen (secondary N) is 2. The van der Waals surface area contributed by atoms with E-state index in [4.69, 9.17) is 4.74 Å². The number of rotatable bonds is 3. The summed E-state index contributed by atoms with van der Waals surface area (Å²) >= 11 is 0. The zero-order valence-corrected chi connectivity index (χ0v) is 11.9. The maximum Gasteiger partial charge on any atom is 0.242 e. The Kier molecular flexibility index (Phi) is 4.77. The summed E-state index contributed by atoms with van der Waals surface area (Å²) in [7, 11) is -3.17. The Balaban J connectivity index is 1.80. The van der Waals surface area contributed by atoms with E-state index < -0.39 is 10.0 Å². The van der Waals surface area contributed by atoms with Crippen molar-refractivity contribution in [1.82, 2.24) is 14.9 Å². The van der Waals surface area contributed by atoms with Gasteiger partial charge in [-0.25, -0.2) is 13.1 Å². The van der Waals surface area contributed by atoms with Crippen molar-refractivity contribution in [2.75, 3.05) is 39.1 Å². The standard InChI is InChI=1S/C11H21N3O4S/c1-19(16,17)13-9-2-5-14(6-3-9)11(15)10-8-18-7-4-12-10/h9-10,12-13H,2-8H2,1H3. The predicted octanol–water partition coefficient (Wildman–Crippen LogP) is -1.48. The van der Waals surface area contributed by atoms with Gasteiger partial charge < -0.3 is 15.0 Å². The third-order valence-corrected chi connectivity index (χ3v) is 4.17. The molecular formula is C11H21N3O4S. The van der Waals surface area contributed by atoms with Gasteiger partial charge in [0, 0.05) is 25.7 Å². The Hall–Kier alpha value is -0.700. The first-order chi connectivity index (χ1) is 8.96. The quantitative estimate of drug-likeness (QED) is 0.662. The summed E-state index contributed by atoms with van der Waals surface area (Å²) in [6.45, 7) is 2.93. The highest BCUT2D eigenvalue weighted by atomic mass is 32.2. The maximum atomic E-state index is 12.2. The number of piperidine rings is 1. The number of nitrogens with zero attached hydrogens (tertiary/aromatic N) is 1. The lowest BCUT2D eigenvalue weighted by atomic mass is 10.1. The molecular weight excluding hydrogens is 270 g/mol. The third kappa shape index (κ3) is 4.41. The van der Waals surface area contributed by atoms with Crippen LogP contribution in [0.15, 0.2) is 0 Å². The number of likely N-dealkylation sites (tertiary alicyclic amines) is 1. The number of ether oxygens (including phenoxy) is 1. The van der Waals surface area contributed by atoms with E-state index in [-0.39, 0.29) is 18.0 Å². The number of amides is 1. The molecule has 8 heteroatoms. The molecule has 2 N–H and O–H groups in total. The first kappa shape index (κ1) is 14.7. The third-order valence-electron chi connectivity index (χ3n) is 3.41. The Morgan fingerprint density at radius 2 is 2.05 bits per heavy atom. The fraction of sp³-hybridized carbons (Fsp3) is 0.909. The average Bonchev–Trinajstić information content (AvgIpc) is 2.38. The van der Waals surface area contributed by atoms with Crippen LogP contribution in [-0.4, -0.2) is 70.4 Å². The monoisotopic (exact) mass is 291 g/mol. The smallest absolute Gasteiger partial charge is 0.242 e. The van der Waals surface area contributed by atoms with Crippen LogP contribution >= 0.6 is 0 Å². The highest BCUT2D eigenvalue weighted by molar-refractivity contribution is 7.88. The summed E-state index contributed by atoms with van der Waals surface area (Å²) in [4.78, 5) is 14.0. The Morgan fingerprint density at radius 1 is 1.37 bits per heavy atom. The predicted molar refractivity (Wildman–Crippen MR) is 70.2 cm³/mol. The average molecular weight is 291 g/mol. The van der Waals surface area contributed by atoms with Crippen LogP contribution in [0.3, 0.4) is 0 Å². The Bertz CT molecular complexity index is 412. The molecule has 0 aromatic rings. The molecule has 2 aliphatic rings. The fourth-order valence-corrected chi connectivity index (χ4v) is 3.31. The topological polar surface area (TPSA) is 87.7 Å². The molecule has 2 rings (SSSR count). The van der Waals surface area contributed by atoms with Gasteiger partial charge in [-0.1, -0.05) is 0 Å². The second kappa shape index (κ2) is 6.17. The molecule has 2 saturated heterocycles. The van der Waals surface area contributed by atoms with E-state index in [1.807, 2.05) is 0 Å². The summed E-state index contributed by atoms with van der Waals surface area (Å²) < 4.78 is 30.2. The van der Waals surface area contributed by atoms with Crippen molar-refractivity contribution in [3.05, 3.63) is 0 Å². The number of sulfonamides is 1. The van der Waals surface area contributed by atoms with Gasteiger partial charge in [0.1, 0.15) is 6.04 Å². The van der Waals surface area contributed by atoms with Gasteiger partial charge in [0.05, 0.1) is 19.5 Å². The maximum absolute atomic E-state index is 12.2. The largest absolute Gasteiger partial charge is 0.378 e. The van der Waals surface area contributed by atoms with Gasteiger partial charge in [0.25, 0.3) is 0 Å². The van der Waals surface area contributed by atoms with Crippen LogP contribution < -0.4 is 10.0 Å². The number of hydrogen-bond donors (Lipinski definition) is 2. The van der Waals surface area contributed by atoms with E-state index in [0.717, 1.165) is 6.26 Å². The van der Waals surface area contributed by atoms with E-state index in [0.29, 0.717) is 45.7 Å². The summed E-state index contributed by atoms with van der Waals surface area (Å²) in [5.41, 5.74) is 0. The highest BCUT2D eigenvalue weighted by Crippen LogP contribution is 2.13. The molecule has 1 atom stereocenters. The molecule has 0 bridgehead atoms. The summed E-state index contributed by atoms with van der Waals surface area (Å²) in [6.07, 6.45) is 2.48. The number of hydrogen-bond acceptors (Lipinski definition) is 5. The van der Waals surface area contributed by atoms with Crippen LogP contribution in [0.2, 0.25) is 0 Å². The van der Waals surface area contributed by atoms with Gasteiger partial charge in [-0.15, -0.1) is 0 Å². The molecule has 110 valence electrons. The molecule has 2 heterocycles. The molecule has 0 spiro atoms. The molecule has 1 unspecified atom stereocenters. The fourth-order valence-electron chi connectivity index (χ4n) is 2.46. The van der Waals surface area contributed by atoms with Gasteiger partial charge in [-0.05, 0) is 12.8 Å². The lowest BCUT2D eigenvalue weighted by molar-refractivity contribution is -0.137. The van der Waals surface area contributed by atoms with Crippen molar-refractivity contribution >= 4 is 15.9 Å². The first-order valence-corrected chi connectivity index (χ1v) is 8.42. The van der Waals surface area contributed by atoms with E-state index in [2.05, 4.69) is 10.0 Å². The second-order valence-corrected chi connectivity index (χ2v) is 6.85. The summed E-state index contributed by atoms with van der Waals surface area (Å²) in [6, 6.07) is -0.317. The lowest BCUT2D eigenvalue weighted by Crippen LogP contribution is -2.55. The SMILES string of the molecule is CS(=O)(=O)NC1CCN(C(=O)C2COCCN2)CC1. The molecule has 2 aliphatic heterocycles. The lowest BCUT2D eigenvalue weighted by Gasteiger charge is -2.35. The van der Waals surface area contributed by atoms with E-state index >= 15 is 0 Å². The van der Waals surface area contributed by atoms with Crippen LogP contribution in [-0.2, 0) is 19.6 Å². The zero-order valence-electron chi connectivity index (χ0n) is 11.1. The molecule has 19 heavy (non-hydrogen) atoms. The zero-order chi connectivity index (χ0) is 13.9. The Morgan fingerprint density at radius 3 is 2.58 bits per heavy atom. The van der Waals surface area contributed by atoms with Gasteiger partial charge in [0.15, 0.2) is 0 Å². The molecule has 0 saturated carbocycles.